The lowest BCUT2D eigenvalue weighted by molar-refractivity contribution is 0.415. The summed E-state index contributed by atoms with van der Waals surface area (Å²) in [6, 6.07) is 7.80. The highest BCUT2D eigenvalue weighted by Crippen LogP contribution is 2.31. The van der Waals surface area contributed by atoms with Gasteiger partial charge in [0.1, 0.15) is 17.3 Å². The summed E-state index contributed by atoms with van der Waals surface area (Å²) in [7, 11) is 1.65. The molecule has 5 heteroatoms. The fourth-order valence-corrected chi connectivity index (χ4v) is 2.25. The van der Waals surface area contributed by atoms with Crippen LogP contribution in [-0.4, -0.2) is 23.2 Å². The Bertz CT molecular complexity index is 576. The van der Waals surface area contributed by atoms with E-state index >= 15 is 0 Å². The zero-order valence-corrected chi connectivity index (χ0v) is 10.3. The van der Waals surface area contributed by atoms with Gasteiger partial charge in [0.25, 0.3) is 0 Å². The van der Waals surface area contributed by atoms with Crippen LogP contribution in [0.15, 0.2) is 24.3 Å². The van der Waals surface area contributed by atoms with Gasteiger partial charge in [-0.25, -0.2) is 4.98 Å². The van der Waals surface area contributed by atoms with Gasteiger partial charge >= 0.3 is 0 Å². The van der Waals surface area contributed by atoms with Crippen LogP contribution in [0.3, 0.4) is 0 Å². The third kappa shape index (κ3) is 1.68. The van der Waals surface area contributed by atoms with Crippen LogP contribution in [0.2, 0.25) is 0 Å². The first-order valence-corrected chi connectivity index (χ1v) is 6.04. The summed E-state index contributed by atoms with van der Waals surface area (Å²) in [5.41, 5.74) is 7.97. The van der Waals surface area contributed by atoms with Crippen LogP contribution in [0.1, 0.15) is 6.42 Å². The quantitative estimate of drug-likeness (QED) is 0.847. The van der Waals surface area contributed by atoms with Gasteiger partial charge in [0, 0.05) is 18.7 Å². The number of nitrogens with two attached hydrogens (primary N) is 1. The number of aromatic nitrogens is 2. The highest BCUT2D eigenvalue weighted by Gasteiger charge is 2.18. The first-order valence-electron chi connectivity index (χ1n) is 6.04. The summed E-state index contributed by atoms with van der Waals surface area (Å²) >= 11 is 0. The molecular formula is C13H16N4O. The summed E-state index contributed by atoms with van der Waals surface area (Å²) in [4.78, 5) is 4.57. The number of nitrogens with zero attached hydrogens (tertiary/aromatic N) is 2. The van der Waals surface area contributed by atoms with Crippen LogP contribution in [0.25, 0.3) is 11.3 Å². The van der Waals surface area contributed by atoms with Crippen LogP contribution >= 0.6 is 0 Å². The van der Waals surface area contributed by atoms with Crippen molar-refractivity contribution in [2.24, 2.45) is 0 Å². The van der Waals surface area contributed by atoms with E-state index in [2.05, 4.69) is 10.3 Å². The largest absolute Gasteiger partial charge is 0.497 e. The van der Waals surface area contributed by atoms with Crippen molar-refractivity contribution in [1.29, 1.82) is 0 Å². The van der Waals surface area contributed by atoms with E-state index in [1.807, 2.05) is 28.8 Å². The Kier molecular flexibility index (Phi) is 2.59. The lowest BCUT2D eigenvalue weighted by Crippen LogP contribution is -2.18. The van der Waals surface area contributed by atoms with Crippen molar-refractivity contribution in [3.63, 3.8) is 0 Å². The molecule has 0 bridgehead atoms. The van der Waals surface area contributed by atoms with Gasteiger partial charge in [0.05, 0.1) is 7.11 Å². The second-order valence-corrected chi connectivity index (χ2v) is 4.33. The molecule has 3 rings (SSSR count). The highest BCUT2D eigenvalue weighted by atomic mass is 16.5. The SMILES string of the molecule is COc1cccc(-c2nc3n(c2N)CCCN3)c1. The molecule has 1 aromatic carbocycles. The summed E-state index contributed by atoms with van der Waals surface area (Å²) in [6.07, 6.45) is 1.07. The van der Waals surface area contributed by atoms with Gasteiger partial charge in [0.15, 0.2) is 0 Å². The van der Waals surface area contributed by atoms with E-state index in [0.717, 1.165) is 42.5 Å². The zero-order valence-electron chi connectivity index (χ0n) is 10.3. The number of benzene rings is 1. The number of hydrogen-bond donors (Lipinski definition) is 2. The van der Waals surface area contributed by atoms with Crippen molar-refractivity contribution in [3.8, 4) is 17.0 Å². The number of imidazole rings is 1. The maximum atomic E-state index is 6.17. The van der Waals surface area contributed by atoms with Gasteiger partial charge in [0.2, 0.25) is 5.95 Å². The van der Waals surface area contributed by atoms with Gasteiger partial charge in [-0.3, -0.25) is 4.57 Å². The monoisotopic (exact) mass is 244 g/mol. The average Bonchev–Trinajstić information content (AvgIpc) is 2.77. The number of ether oxygens (including phenoxy) is 1. The number of rotatable bonds is 2. The summed E-state index contributed by atoms with van der Waals surface area (Å²) in [5.74, 6) is 2.38. The molecule has 0 atom stereocenters. The summed E-state index contributed by atoms with van der Waals surface area (Å²) in [5, 5.41) is 3.26. The van der Waals surface area contributed by atoms with Gasteiger partial charge in [-0.05, 0) is 18.6 Å². The third-order valence-electron chi connectivity index (χ3n) is 3.19. The molecule has 2 aromatic rings. The van der Waals surface area contributed by atoms with Gasteiger partial charge in [-0.2, -0.15) is 0 Å². The molecule has 94 valence electrons. The molecular weight excluding hydrogens is 228 g/mol. The highest BCUT2D eigenvalue weighted by molar-refractivity contribution is 5.74. The number of nitrogen functional groups attached to an aromatic ring is 1. The summed E-state index contributed by atoms with van der Waals surface area (Å²) in [6.45, 7) is 1.87. The van der Waals surface area contributed by atoms with E-state index in [1.54, 1.807) is 7.11 Å². The molecule has 0 unspecified atom stereocenters. The topological polar surface area (TPSA) is 65.1 Å². The molecule has 0 amide bonds. The fourth-order valence-electron chi connectivity index (χ4n) is 2.25. The molecule has 18 heavy (non-hydrogen) atoms. The number of nitrogens with one attached hydrogen (secondary N) is 1. The maximum Gasteiger partial charge on any atom is 0.205 e. The minimum Gasteiger partial charge on any atom is -0.497 e. The molecule has 0 aliphatic carbocycles. The van der Waals surface area contributed by atoms with Crippen molar-refractivity contribution in [1.82, 2.24) is 9.55 Å². The van der Waals surface area contributed by atoms with Crippen LogP contribution < -0.4 is 15.8 Å². The first kappa shape index (κ1) is 11.0. The fraction of sp³-hybridized carbons (Fsp3) is 0.308. The van der Waals surface area contributed by atoms with Crippen LogP contribution in [0, 0.1) is 0 Å². The van der Waals surface area contributed by atoms with E-state index in [-0.39, 0.29) is 0 Å². The molecule has 0 spiro atoms. The lowest BCUT2D eigenvalue weighted by Gasteiger charge is -2.15. The van der Waals surface area contributed by atoms with E-state index in [1.165, 1.54) is 0 Å². The Morgan fingerprint density at radius 2 is 2.33 bits per heavy atom. The first-order chi connectivity index (χ1) is 8.79. The van der Waals surface area contributed by atoms with E-state index < -0.39 is 0 Å². The minimum atomic E-state index is 0.713. The Morgan fingerprint density at radius 3 is 3.11 bits per heavy atom. The van der Waals surface area contributed by atoms with Gasteiger partial charge < -0.3 is 15.8 Å². The lowest BCUT2D eigenvalue weighted by atomic mass is 10.1. The predicted octanol–water partition coefficient (Wildman–Crippen LogP) is 1.96. The third-order valence-corrected chi connectivity index (χ3v) is 3.19. The predicted molar refractivity (Wildman–Crippen MR) is 71.7 cm³/mol. The molecule has 0 saturated carbocycles. The molecule has 5 nitrogen and oxygen atoms in total. The molecule has 1 aliphatic heterocycles. The van der Waals surface area contributed by atoms with Crippen molar-refractivity contribution in [3.05, 3.63) is 24.3 Å². The molecule has 0 fully saturated rings. The Balaban J connectivity index is 2.08. The van der Waals surface area contributed by atoms with Crippen LogP contribution in [-0.2, 0) is 6.54 Å². The van der Waals surface area contributed by atoms with Gasteiger partial charge in [-0.15, -0.1) is 0 Å². The van der Waals surface area contributed by atoms with Crippen LogP contribution in [0.4, 0.5) is 11.8 Å². The molecule has 1 aromatic heterocycles. The Labute approximate surface area is 106 Å². The van der Waals surface area contributed by atoms with E-state index in [4.69, 9.17) is 10.5 Å². The smallest absolute Gasteiger partial charge is 0.205 e. The van der Waals surface area contributed by atoms with Gasteiger partial charge in [-0.1, -0.05) is 12.1 Å². The molecule has 2 heterocycles. The molecule has 0 saturated heterocycles. The Hall–Kier alpha value is -2.17. The van der Waals surface area contributed by atoms with Crippen molar-refractivity contribution in [2.45, 2.75) is 13.0 Å². The van der Waals surface area contributed by atoms with Crippen molar-refractivity contribution >= 4 is 11.8 Å². The molecule has 3 N–H and O–H groups in total. The number of fused-ring (bicyclic) bond motifs is 1. The van der Waals surface area contributed by atoms with Crippen molar-refractivity contribution < 1.29 is 4.74 Å². The number of hydrogen-bond acceptors (Lipinski definition) is 4. The molecule has 0 radical (unpaired) electrons. The molecule has 1 aliphatic rings. The zero-order chi connectivity index (χ0) is 12.5. The average molecular weight is 244 g/mol. The second kappa shape index (κ2) is 4.25. The minimum absolute atomic E-state index is 0.713. The second-order valence-electron chi connectivity index (χ2n) is 4.33. The number of methoxy groups -OCH3 is 1. The Morgan fingerprint density at radius 1 is 1.44 bits per heavy atom. The standard InChI is InChI=1S/C13H16N4O/c1-18-10-5-2-4-9(8-10)11-12(14)17-7-3-6-15-13(17)16-11/h2,4-5,8H,3,6-7,14H2,1H3,(H,15,16). The maximum absolute atomic E-state index is 6.17. The number of anilines is 2. The normalized spacial score (nSPS) is 13.8. The van der Waals surface area contributed by atoms with E-state index in [0.29, 0.717) is 5.82 Å². The summed E-state index contributed by atoms with van der Waals surface area (Å²) < 4.78 is 7.25. The van der Waals surface area contributed by atoms with Crippen LogP contribution in [0.5, 0.6) is 5.75 Å². The van der Waals surface area contributed by atoms with Crippen molar-refractivity contribution in [2.75, 3.05) is 24.7 Å². The van der Waals surface area contributed by atoms with E-state index in [9.17, 15) is 0 Å².